The molecule has 1 aliphatic heterocycles. The number of piperidine rings is 1. The Balaban J connectivity index is 2.63. The average molecular weight is 240 g/mol. The summed E-state index contributed by atoms with van der Waals surface area (Å²) in [6.45, 7) is 0.439. The van der Waals surface area contributed by atoms with Crippen molar-refractivity contribution in [2.75, 3.05) is 13.1 Å². The van der Waals surface area contributed by atoms with Gasteiger partial charge in [0.2, 0.25) is 0 Å². The van der Waals surface area contributed by atoms with E-state index in [4.69, 9.17) is 5.11 Å². The summed E-state index contributed by atoms with van der Waals surface area (Å²) >= 11 is 0. The van der Waals surface area contributed by atoms with Gasteiger partial charge in [-0.15, -0.1) is 0 Å². The number of hydrogen-bond donors (Lipinski definition) is 3. The number of amides is 1. The molecule has 16 heavy (non-hydrogen) atoms. The second kappa shape index (κ2) is 4.69. The topological polar surface area (TPSA) is 78.4 Å². The Morgan fingerprint density at radius 3 is 2.50 bits per heavy atom. The van der Waals surface area contributed by atoms with Crippen molar-refractivity contribution in [2.45, 2.75) is 18.6 Å². The van der Waals surface area contributed by atoms with E-state index in [2.05, 4.69) is 5.32 Å². The number of carbonyl (C=O) groups excluding carboxylic acids is 1. The number of alkyl halides is 3. The number of rotatable bonds is 2. The molecule has 3 N–H and O–H groups in total. The highest BCUT2D eigenvalue weighted by Gasteiger charge is 2.42. The van der Waals surface area contributed by atoms with E-state index < -0.39 is 30.0 Å². The Bertz CT molecular complexity index is 293. The lowest BCUT2D eigenvalue weighted by Crippen LogP contribution is -2.55. The lowest BCUT2D eigenvalue weighted by atomic mass is 9.93. The van der Waals surface area contributed by atoms with Gasteiger partial charge in [0.25, 0.3) is 0 Å². The first kappa shape index (κ1) is 12.8. The molecule has 2 atom stereocenters. The molecule has 1 amide bonds. The van der Waals surface area contributed by atoms with Crippen molar-refractivity contribution in [3.63, 3.8) is 0 Å². The molecule has 0 aromatic carbocycles. The number of carboxylic acid groups (broad SMARTS) is 1. The summed E-state index contributed by atoms with van der Waals surface area (Å²) in [7, 11) is 0. The summed E-state index contributed by atoms with van der Waals surface area (Å²) in [5, 5.41) is 13.2. The van der Waals surface area contributed by atoms with Gasteiger partial charge in [-0.1, -0.05) is 0 Å². The maximum atomic E-state index is 12.0. The highest BCUT2D eigenvalue weighted by atomic mass is 19.4. The zero-order valence-electron chi connectivity index (χ0n) is 8.17. The van der Waals surface area contributed by atoms with Gasteiger partial charge >= 0.3 is 18.1 Å². The van der Waals surface area contributed by atoms with Crippen molar-refractivity contribution in [2.24, 2.45) is 5.92 Å². The normalized spacial score (nSPS) is 26.2. The van der Waals surface area contributed by atoms with Crippen molar-refractivity contribution in [1.82, 2.24) is 10.6 Å². The molecule has 0 saturated carbocycles. The Morgan fingerprint density at radius 2 is 2.00 bits per heavy atom. The van der Waals surface area contributed by atoms with Crippen molar-refractivity contribution >= 4 is 11.9 Å². The van der Waals surface area contributed by atoms with Crippen LogP contribution in [-0.2, 0) is 9.59 Å². The number of hydrogen-bond acceptors (Lipinski definition) is 3. The molecule has 2 unspecified atom stereocenters. The first-order valence-corrected chi connectivity index (χ1v) is 4.63. The van der Waals surface area contributed by atoms with E-state index in [-0.39, 0.29) is 13.0 Å². The first-order valence-electron chi connectivity index (χ1n) is 4.63. The van der Waals surface area contributed by atoms with Gasteiger partial charge in [0, 0.05) is 6.54 Å². The van der Waals surface area contributed by atoms with Crippen LogP contribution < -0.4 is 10.6 Å². The van der Waals surface area contributed by atoms with Crippen LogP contribution in [0.5, 0.6) is 0 Å². The van der Waals surface area contributed by atoms with Crippen molar-refractivity contribution in [3.05, 3.63) is 0 Å². The SMILES string of the molecule is O=C(O)C1CCNCC1NC(=O)C(F)(F)F. The van der Waals surface area contributed by atoms with E-state index in [9.17, 15) is 22.8 Å². The molecule has 1 rings (SSSR count). The summed E-state index contributed by atoms with van der Waals surface area (Å²) in [5.74, 6) is -4.28. The molecule has 92 valence electrons. The number of nitrogens with one attached hydrogen (secondary N) is 2. The average Bonchev–Trinajstić information content (AvgIpc) is 2.16. The third-order valence-corrected chi connectivity index (χ3v) is 2.37. The molecule has 0 aromatic rings. The molecule has 5 nitrogen and oxygen atoms in total. The largest absolute Gasteiger partial charge is 0.481 e. The van der Waals surface area contributed by atoms with Crippen LogP contribution in [0.4, 0.5) is 13.2 Å². The molecular weight excluding hydrogens is 229 g/mol. The van der Waals surface area contributed by atoms with Crippen molar-refractivity contribution in [3.8, 4) is 0 Å². The van der Waals surface area contributed by atoms with Crippen LogP contribution in [0.25, 0.3) is 0 Å². The minimum absolute atomic E-state index is 0.0266. The van der Waals surface area contributed by atoms with Crippen LogP contribution in [0.3, 0.4) is 0 Å². The van der Waals surface area contributed by atoms with Crippen LogP contribution in [0.1, 0.15) is 6.42 Å². The Morgan fingerprint density at radius 1 is 1.38 bits per heavy atom. The van der Waals surface area contributed by atoms with E-state index in [1.165, 1.54) is 0 Å². The van der Waals surface area contributed by atoms with Gasteiger partial charge in [-0.05, 0) is 13.0 Å². The summed E-state index contributed by atoms with van der Waals surface area (Å²) in [4.78, 5) is 21.4. The molecule has 0 radical (unpaired) electrons. The van der Waals surface area contributed by atoms with Crippen LogP contribution in [0.15, 0.2) is 0 Å². The van der Waals surface area contributed by atoms with Gasteiger partial charge < -0.3 is 15.7 Å². The molecule has 0 aromatic heterocycles. The van der Waals surface area contributed by atoms with Gasteiger partial charge in [-0.25, -0.2) is 0 Å². The number of carboxylic acids is 1. The molecule has 0 aliphatic carbocycles. The molecule has 1 saturated heterocycles. The van der Waals surface area contributed by atoms with E-state index in [0.717, 1.165) is 0 Å². The predicted octanol–water partition coefficient (Wildman–Crippen LogP) is -0.272. The predicted molar refractivity (Wildman–Crippen MR) is 46.6 cm³/mol. The second-order valence-corrected chi connectivity index (χ2v) is 3.52. The zero-order valence-corrected chi connectivity index (χ0v) is 8.17. The highest BCUT2D eigenvalue weighted by Crippen LogP contribution is 2.18. The summed E-state index contributed by atoms with van der Waals surface area (Å²) in [5.41, 5.74) is 0. The highest BCUT2D eigenvalue weighted by molar-refractivity contribution is 5.83. The van der Waals surface area contributed by atoms with Gasteiger partial charge in [-0.2, -0.15) is 13.2 Å². The van der Waals surface area contributed by atoms with E-state index in [0.29, 0.717) is 6.54 Å². The standard InChI is InChI=1S/C8H11F3N2O3/c9-8(10,11)7(16)13-5-3-12-2-1-4(5)6(14)15/h4-5,12H,1-3H2,(H,13,16)(H,14,15). The minimum atomic E-state index is -4.99. The van der Waals surface area contributed by atoms with Crippen LogP contribution in [-0.4, -0.2) is 42.3 Å². The molecule has 1 aliphatic rings. The molecular formula is C8H11F3N2O3. The molecule has 0 spiro atoms. The van der Waals surface area contributed by atoms with Gasteiger partial charge in [-0.3, -0.25) is 9.59 Å². The lowest BCUT2D eigenvalue weighted by Gasteiger charge is -2.30. The van der Waals surface area contributed by atoms with Gasteiger partial charge in [0.15, 0.2) is 0 Å². The monoisotopic (exact) mass is 240 g/mol. The molecule has 0 bridgehead atoms. The Hall–Kier alpha value is -1.31. The maximum absolute atomic E-state index is 12.0. The summed E-state index contributed by atoms with van der Waals surface area (Å²) < 4.78 is 35.9. The van der Waals surface area contributed by atoms with Crippen LogP contribution in [0, 0.1) is 5.92 Å². The third kappa shape index (κ3) is 3.09. The quantitative estimate of drug-likeness (QED) is 0.620. The summed E-state index contributed by atoms with van der Waals surface area (Å²) in [6, 6.07) is -1.03. The lowest BCUT2D eigenvalue weighted by molar-refractivity contribution is -0.175. The van der Waals surface area contributed by atoms with Gasteiger partial charge in [0.05, 0.1) is 12.0 Å². The second-order valence-electron chi connectivity index (χ2n) is 3.52. The fourth-order valence-corrected chi connectivity index (χ4v) is 1.56. The molecule has 1 heterocycles. The fourth-order valence-electron chi connectivity index (χ4n) is 1.56. The van der Waals surface area contributed by atoms with E-state index >= 15 is 0 Å². The third-order valence-electron chi connectivity index (χ3n) is 2.37. The molecule has 8 heteroatoms. The van der Waals surface area contributed by atoms with E-state index in [1.54, 1.807) is 5.32 Å². The fraction of sp³-hybridized carbons (Fsp3) is 0.750. The number of halogens is 3. The van der Waals surface area contributed by atoms with E-state index in [1.807, 2.05) is 0 Å². The smallest absolute Gasteiger partial charge is 0.471 e. The minimum Gasteiger partial charge on any atom is -0.481 e. The Labute approximate surface area is 89.0 Å². The maximum Gasteiger partial charge on any atom is 0.471 e. The zero-order chi connectivity index (χ0) is 12.3. The van der Waals surface area contributed by atoms with Gasteiger partial charge in [0.1, 0.15) is 0 Å². The van der Waals surface area contributed by atoms with Crippen molar-refractivity contribution in [1.29, 1.82) is 0 Å². The summed E-state index contributed by atoms with van der Waals surface area (Å²) in [6.07, 6.45) is -4.79. The van der Waals surface area contributed by atoms with Crippen molar-refractivity contribution < 1.29 is 27.9 Å². The molecule has 1 fully saturated rings. The van der Waals surface area contributed by atoms with Crippen LogP contribution in [0.2, 0.25) is 0 Å². The number of aliphatic carboxylic acids is 1. The first-order chi connectivity index (χ1) is 7.32. The Kier molecular flexibility index (Phi) is 3.74. The number of carbonyl (C=O) groups is 2. The van der Waals surface area contributed by atoms with Crippen LogP contribution >= 0.6 is 0 Å².